The Morgan fingerprint density at radius 3 is 2.56 bits per heavy atom. The van der Waals surface area contributed by atoms with Gasteiger partial charge < -0.3 is 19.2 Å². The van der Waals surface area contributed by atoms with E-state index in [1.165, 1.54) is 16.5 Å². The Hall–Kier alpha value is -2.37. The molecule has 1 heterocycles. The second-order valence-electron chi connectivity index (χ2n) is 6.09. The summed E-state index contributed by atoms with van der Waals surface area (Å²) < 4.78 is 15.7. The molecule has 0 saturated carbocycles. The summed E-state index contributed by atoms with van der Waals surface area (Å²) in [5, 5.41) is 2.38. The van der Waals surface area contributed by atoms with Crippen molar-refractivity contribution in [1.29, 1.82) is 0 Å². The van der Waals surface area contributed by atoms with Crippen LogP contribution in [-0.2, 0) is 9.47 Å². The summed E-state index contributed by atoms with van der Waals surface area (Å²) in [4.78, 5) is 8.00. The number of aliphatic imine (C=N–C) groups is 1. The number of H-pyrrole nitrogens is 1. The van der Waals surface area contributed by atoms with Gasteiger partial charge in [0.15, 0.2) is 6.29 Å². The molecule has 1 N–H and O–H groups in total. The number of aromatic nitrogens is 1. The fraction of sp³-hybridized carbons (Fsp3) is 0.350. The van der Waals surface area contributed by atoms with E-state index >= 15 is 0 Å². The molecule has 0 unspecified atom stereocenters. The van der Waals surface area contributed by atoms with Crippen LogP contribution in [-0.4, -0.2) is 45.4 Å². The second-order valence-corrected chi connectivity index (χ2v) is 6.09. The molecule has 0 aliphatic heterocycles. The predicted octanol–water partition coefficient (Wildman–Crippen LogP) is 3.98. The Bertz CT molecular complexity index is 924. The third-order valence-electron chi connectivity index (χ3n) is 4.59. The smallest absolute Gasteiger partial charge is 0.176 e. The van der Waals surface area contributed by atoms with Gasteiger partial charge in [-0.05, 0) is 54.8 Å². The van der Waals surface area contributed by atoms with E-state index in [2.05, 4.69) is 42.0 Å². The number of hydrogen-bond acceptors (Lipinski definition) is 4. The third-order valence-corrected chi connectivity index (χ3v) is 4.59. The molecule has 5 heteroatoms. The molecule has 0 bridgehead atoms. The van der Waals surface area contributed by atoms with Gasteiger partial charge in [0.05, 0.1) is 13.7 Å². The number of rotatable bonds is 6. The quantitative estimate of drug-likeness (QED) is 0.545. The number of fused-ring (bicyclic) bond motifs is 3. The lowest BCUT2D eigenvalue weighted by Gasteiger charge is -2.10. The summed E-state index contributed by atoms with van der Waals surface area (Å²) in [6.07, 6.45) is 1.57. The molecule has 0 atom stereocenters. The molecule has 0 aliphatic carbocycles. The summed E-state index contributed by atoms with van der Waals surface area (Å²) >= 11 is 0. The molecule has 0 aliphatic rings. The number of nitrogens with zero attached hydrogens (tertiary/aromatic N) is 1. The monoisotopic (exact) mass is 340 g/mol. The summed E-state index contributed by atoms with van der Waals surface area (Å²) in [5.41, 5.74) is 5.74. The van der Waals surface area contributed by atoms with Crippen LogP contribution in [0.4, 0.5) is 0 Å². The van der Waals surface area contributed by atoms with Crippen LogP contribution in [0.2, 0.25) is 0 Å². The van der Waals surface area contributed by atoms with Crippen molar-refractivity contribution in [2.24, 2.45) is 4.99 Å². The first-order valence-electron chi connectivity index (χ1n) is 8.24. The zero-order chi connectivity index (χ0) is 18.0. The highest BCUT2D eigenvalue weighted by Crippen LogP contribution is 2.33. The van der Waals surface area contributed by atoms with Gasteiger partial charge in [0.1, 0.15) is 5.75 Å². The third kappa shape index (κ3) is 3.25. The summed E-state index contributed by atoms with van der Waals surface area (Å²) in [6.45, 7) is 4.70. The number of methoxy groups -OCH3 is 3. The van der Waals surface area contributed by atoms with E-state index in [0.717, 1.165) is 27.7 Å². The Balaban J connectivity index is 2.10. The maximum absolute atomic E-state index is 5.39. The maximum atomic E-state index is 5.39. The Kier molecular flexibility index (Phi) is 5.06. The van der Waals surface area contributed by atoms with Gasteiger partial charge in [-0.15, -0.1) is 0 Å². The number of nitrogens with one attached hydrogen (secondary N) is 1. The fourth-order valence-electron chi connectivity index (χ4n) is 3.16. The minimum atomic E-state index is -0.321. The van der Waals surface area contributed by atoms with Crippen LogP contribution in [0.25, 0.3) is 21.8 Å². The highest BCUT2D eigenvalue weighted by Gasteiger charge is 2.13. The Labute approximate surface area is 147 Å². The lowest BCUT2D eigenvalue weighted by Crippen LogP contribution is -2.16. The van der Waals surface area contributed by atoms with Gasteiger partial charge >= 0.3 is 0 Å². The number of aryl methyl sites for hydroxylation is 2. The lowest BCUT2D eigenvalue weighted by atomic mass is 9.99. The standard InChI is InChI=1S/C20H24N2O3/c1-12-8-14(10-21-11-18(24-4)25-5)13(2)19-16-9-15(23-3)6-7-17(16)22-20(12)19/h6-10,18,22H,11H2,1-5H3. The minimum Gasteiger partial charge on any atom is -0.497 e. The molecule has 1 aromatic heterocycles. The van der Waals surface area contributed by atoms with Gasteiger partial charge in [-0.3, -0.25) is 4.99 Å². The van der Waals surface area contributed by atoms with Crippen molar-refractivity contribution < 1.29 is 14.2 Å². The van der Waals surface area contributed by atoms with Crippen molar-refractivity contribution in [3.63, 3.8) is 0 Å². The summed E-state index contributed by atoms with van der Waals surface area (Å²) in [5.74, 6) is 0.854. The van der Waals surface area contributed by atoms with Crippen molar-refractivity contribution in [1.82, 2.24) is 4.98 Å². The maximum Gasteiger partial charge on any atom is 0.176 e. The van der Waals surface area contributed by atoms with Crippen molar-refractivity contribution in [3.8, 4) is 5.75 Å². The molecule has 3 rings (SSSR count). The van der Waals surface area contributed by atoms with Crippen LogP contribution >= 0.6 is 0 Å². The largest absolute Gasteiger partial charge is 0.497 e. The van der Waals surface area contributed by atoms with Gasteiger partial charge in [0.25, 0.3) is 0 Å². The van der Waals surface area contributed by atoms with Crippen molar-refractivity contribution in [3.05, 3.63) is 41.0 Å². The van der Waals surface area contributed by atoms with Crippen LogP contribution in [0, 0.1) is 13.8 Å². The van der Waals surface area contributed by atoms with Crippen molar-refractivity contribution >= 4 is 28.0 Å². The SMILES string of the molecule is COc1ccc2[nH]c3c(C)cc(C=NCC(OC)OC)c(C)c3c2c1. The number of aromatic amines is 1. The van der Waals surface area contributed by atoms with Crippen molar-refractivity contribution in [2.75, 3.05) is 27.9 Å². The first-order valence-corrected chi connectivity index (χ1v) is 8.24. The fourth-order valence-corrected chi connectivity index (χ4v) is 3.16. The Morgan fingerprint density at radius 1 is 1.12 bits per heavy atom. The molecule has 0 amide bonds. The zero-order valence-electron chi connectivity index (χ0n) is 15.3. The van der Waals surface area contributed by atoms with E-state index in [-0.39, 0.29) is 6.29 Å². The molecule has 25 heavy (non-hydrogen) atoms. The first-order chi connectivity index (χ1) is 12.1. The second kappa shape index (κ2) is 7.25. The summed E-state index contributed by atoms with van der Waals surface area (Å²) in [6, 6.07) is 8.26. The average Bonchev–Trinajstić information content (AvgIpc) is 3.02. The van der Waals surface area contributed by atoms with E-state index in [1.807, 2.05) is 12.3 Å². The van der Waals surface area contributed by atoms with Crippen molar-refractivity contribution in [2.45, 2.75) is 20.1 Å². The molecule has 132 valence electrons. The highest BCUT2D eigenvalue weighted by atomic mass is 16.7. The van der Waals surface area contributed by atoms with E-state index in [1.54, 1.807) is 21.3 Å². The van der Waals surface area contributed by atoms with Gasteiger partial charge in [-0.1, -0.05) is 0 Å². The number of ether oxygens (including phenoxy) is 3. The van der Waals surface area contributed by atoms with Crippen LogP contribution in [0.15, 0.2) is 29.3 Å². The minimum absolute atomic E-state index is 0.321. The molecule has 3 aromatic rings. The molecule has 5 nitrogen and oxygen atoms in total. The highest BCUT2D eigenvalue weighted by molar-refractivity contribution is 6.12. The molecule has 0 radical (unpaired) electrons. The van der Waals surface area contributed by atoms with Gasteiger partial charge in [0.2, 0.25) is 0 Å². The lowest BCUT2D eigenvalue weighted by molar-refractivity contribution is -0.0936. The van der Waals surface area contributed by atoms with Crippen LogP contribution in [0.5, 0.6) is 5.75 Å². The van der Waals surface area contributed by atoms with E-state index in [4.69, 9.17) is 14.2 Å². The molecular formula is C20H24N2O3. The molecule has 2 aromatic carbocycles. The average molecular weight is 340 g/mol. The molecule has 0 fully saturated rings. The zero-order valence-corrected chi connectivity index (χ0v) is 15.3. The molecular weight excluding hydrogens is 316 g/mol. The van der Waals surface area contributed by atoms with E-state index < -0.39 is 0 Å². The molecule has 0 saturated heterocycles. The van der Waals surface area contributed by atoms with E-state index in [9.17, 15) is 0 Å². The van der Waals surface area contributed by atoms with Gasteiger partial charge in [-0.2, -0.15) is 0 Å². The van der Waals surface area contributed by atoms with Gasteiger partial charge in [0, 0.05) is 42.2 Å². The molecule has 0 spiro atoms. The van der Waals surface area contributed by atoms with E-state index in [0.29, 0.717) is 6.54 Å². The van der Waals surface area contributed by atoms with Crippen LogP contribution in [0.1, 0.15) is 16.7 Å². The number of hydrogen-bond donors (Lipinski definition) is 1. The normalized spacial score (nSPS) is 12.1. The topological polar surface area (TPSA) is 55.8 Å². The summed E-state index contributed by atoms with van der Waals surface area (Å²) in [7, 11) is 4.92. The first kappa shape index (κ1) is 17.5. The number of benzene rings is 2. The van der Waals surface area contributed by atoms with Crippen LogP contribution in [0.3, 0.4) is 0 Å². The predicted molar refractivity (Wildman–Crippen MR) is 102 cm³/mol. The van der Waals surface area contributed by atoms with Gasteiger partial charge in [-0.25, -0.2) is 0 Å². The van der Waals surface area contributed by atoms with Crippen LogP contribution < -0.4 is 4.74 Å². The Morgan fingerprint density at radius 2 is 1.88 bits per heavy atom.